The molecule has 2 aromatic rings. The first-order valence-electron chi connectivity index (χ1n) is 6.53. The van der Waals surface area contributed by atoms with Gasteiger partial charge < -0.3 is 15.2 Å². The van der Waals surface area contributed by atoms with E-state index in [0.29, 0.717) is 30.4 Å². The van der Waals surface area contributed by atoms with Gasteiger partial charge in [-0.1, -0.05) is 12.1 Å². The van der Waals surface area contributed by atoms with Crippen molar-refractivity contribution in [3.8, 4) is 11.5 Å². The van der Waals surface area contributed by atoms with Gasteiger partial charge in [0, 0.05) is 6.42 Å². The summed E-state index contributed by atoms with van der Waals surface area (Å²) >= 11 is 0. The maximum Gasteiger partial charge on any atom is 0.142 e. The van der Waals surface area contributed by atoms with Gasteiger partial charge in [0.15, 0.2) is 0 Å². The molecule has 0 radical (unpaired) electrons. The van der Waals surface area contributed by atoms with E-state index in [9.17, 15) is 4.39 Å². The number of nitrogen functional groups attached to an aromatic ring is 1. The van der Waals surface area contributed by atoms with Crippen molar-refractivity contribution in [3.05, 3.63) is 53.8 Å². The molecule has 3 nitrogen and oxygen atoms in total. The Kier molecular flexibility index (Phi) is 4.82. The van der Waals surface area contributed by atoms with Crippen molar-refractivity contribution in [1.29, 1.82) is 0 Å². The number of benzene rings is 2. The fourth-order valence-corrected chi connectivity index (χ4v) is 1.81. The predicted octanol–water partition coefficient (Wildman–Crippen LogP) is 3.56. The van der Waals surface area contributed by atoms with Crippen LogP contribution in [0.3, 0.4) is 0 Å². The molecule has 0 aromatic heterocycles. The van der Waals surface area contributed by atoms with Crippen molar-refractivity contribution in [2.24, 2.45) is 0 Å². The minimum Gasteiger partial charge on any atom is -0.493 e. The molecule has 0 aliphatic carbocycles. The SMILES string of the molecule is Cc1cc(F)ccc1OCCCOc1ccccc1N. The van der Waals surface area contributed by atoms with Crippen molar-refractivity contribution in [2.75, 3.05) is 18.9 Å². The fraction of sp³-hybridized carbons (Fsp3) is 0.250. The number of rotatable bonds is 6. The monoisotopic (exact) mass is 275 g/mol. The van der Waals surface area contributed by atoms with E-state index in [4.69, 9.17) is 15.2 Å². The summed E-state index contributed by atoms with van der Waals surface area (Å²) in [6.07, 6.45) is 0.727. The van der Waals surface area contributed by atoms with Crippen LogP contribution in [0.5, 0.6) is 11.5 Å². The molecule has 4 heteroatoms. The molecule has 2 rings (SSSR count). The molecule has 106 valence electrons. The Morgan fingerprint density at radius 3 is 2.40 bits per heavy atom. The molecule has 0 atom stereocenters. The highest BCUT2D eigenvalue weighted by Gasteiger charge is 2.02. The summed E-state index contributed by atoms with van der Waals surface area (Å²) in [6.45, 7) is 2.85. The van der Waals surface area contributed by atoms with Crippen LogP contribution in [0.25, 0.3) is 0 Å². The zero-order valence-corrected chi connectivity index (χ0v) is 11.4. The topological polar surface area (TPSA) is 44.5 Å². The lowest BCUT2D eigenvalue weighted by Gasteiger charge is -2.10. The average Bonchev–Trinajstić information content (AvgIpc) is 2.42. The highest BCUT2D eigenvalue weighted by Crippen LogP contribution is 2.20. The van der Waals surface area contributed by atoms with E-state index < -0.39 is 0 Å². The number of anilines is 1. The third kappa shape index (κ3) is 3.88. The summed E-state index contributed by atoms with van der Waals surface area (Å²) in [4.78, 5) is 0. The second-order valence-electron chi connectivity index (χ2n) is 4.50. The first-order chi connectivity index (χ1) is 9.66. The molecule has 0 bridgehead atoms. The van der Waals surface area contributed by atoms with E-state index in [1.54, 1.807) is 12.1 Å². The van der Waals surface area contributed by atoms with Gasteiger partial charge in [0.2, 0.25) is 0 Å². The van der Waals surface area contributed by atoms with E-state index in [0.717, 1.165) is 12.0 Å². The van der Waals surface area contributed by atoms with E-state index >= 15 is 0 Å². The van der Waals surface area contributed by atoms with Crippen LogP contribution in [0.2, 0.25) is 0 Å². The summed E-state index contributed by atoms with van der Waals surface area (Å²) in [7, 11) is 0. The summed E-state index contributed by atoms with van der Waals surface area (Å²) in [5.74, 6) is 1.13. The van der Waals surface area contributed by atoms with Crippen molar-refractivity contribution < 1.29 is 13.9 Å². The van der Waals surface area contributed by atoms with E-state index in [-0.39, 0.29) is 5.82 Å². The highest BCUT2D eigenvalue weighted by atomic mass is 19.1. The quantitative estimate of drug-likeness (QED) is 0.647. The van der Waals surface area contributed by atoms with E-state index in [1.807, 2.05) is 25.1 Å². The van der Waals surface area contributed by atoms with Crippen LogP contribution in [-0.4, -0.2) is 13.2 Å². The van der Waals surface area contributed by atoms with E-state index in [2.05, 4.69) is 0 Å². The van der Waals surface area contributed by atoms with Crippen LogP contribution in [0.1, 0.15) is 12.0 Å². The predicted molar refractivity (Wildman–Crippen MR) is 77.6 cm³/mol. The molecule has 0 spiro atoms. The Hall–Kier alpha value is -2.23. The van der Waals surface area contributed by atoms with Gasteiger partial charge in [-0.15, -0.1) is 0 Å². The van der Waals surface area contributed by atoms with Gasteiger partial charge >= 0.3 is 0 Å². The minimum atomic E-state index is -0.252. The lowest BCUT2D eigenvalue weighted by atomic mass is 10.2. The Balaban J connectivity index is 1.73. The molecule has 0 saturated carbocycles. The Morgan fingerprint density at radius 2 is 1.70 bits per heavy atom. The third-order valence-electron chi connectivity index (χ3n) is 2.86. The van der Waals surface area contributed by atoms with Crippen LogP contribution in [0.4, 0.5) is 10.1 Å². The van der Waals surface area contributed by atoms with Crippen molar-refractivity contribution in [3.63, 3.8) is 0 Å². The standard InChI is InChI=1S/C16H18FNO2/c1-12-11-13(17)7-8-15(12)19-9-4-10-20-16-6-3-2-5-14(16)18/h2-3,5-8,11H,4,9-10,18H2,1H3. The number of ether oxygens (including phenoxy) is 2. The number of para-hydroxylation sites is 2. The van der Waals surface area contributed by atoms with Crippen molar-refractivity contribution >= 4 is 5.69 Å². The molecule has 0 fully saturated rings. The molecule has 2 aromatic carbocycles. The molecule has 2 N–H and O–H groups in total. The van der Waals surface area contributed by atoms with Gasteiger partial charge in [-0.05, 0) is 42.8 Å². The van der Waals surface area contributed by atoms with Crippen molar-refractivity contribution in [1.82, 2.24) is 0 Å². The lowest BCUT2D eigenvalue weighted by Crippen LogP contribution is -2.06. The number of hydrogen-bond acceptors (Lipinski definition) is 3. The van der Waals surface area contributed by atoms with E-state index in [1.165, 1.54) is 12.1 Å². The number of hydrogen-bond donors (Lipinski definition) is 1. The number of halogens is 1. The Bertz CT molecular complexity index is 572. The number of aryl methyl sites for hydroxylation is 1. The normalized spacial score (nSPS) is 10.3. The fourth-order valence-electron chi connectivity index (χ4n) is 1.81. The van der Waals surface area contributed by atoms with Crippen LogP contribution in [-0.2, 0) is 0 Å². The van der Waals surface area contributed by atoms with Crippen LogP contribution in [0.15, 0.2) is 42.5 Å². The zero-order valence-electron chi connectivity index (χ0n) is 11.4. The van der Waals surface area contributed by atoms with Crippen molar-refractivity contribution in [2.45, 2.75) is 13.3 Å². The lowest BCUT2D eigenvalue weighted by molar-refractivity contribution is 0.247. The molecule has 0 saturated heterocycles. The molecule has 0 aliphatic rings. The smallest absolute Gasteiger partial charge is 0.142 e. The van der Waals surface area contributed by atoms with Gasteiger partial charge in [0.25, 0.3) is 0 Å². The first-order valence-corrected chi connectivity index (χ1v) is 6.53. The third-order valence-corrected chi connectivity index (χ3v) is 2.86. The number of nitrogens with two attached hydrogens (primary N) is 1. The Morgan fingerprint density at radius 1 is 1.00 bits per heavy atom. The van der Waals surface area contributed by atoms with Gasteiger partial charge in [-0.3, -0.25) is 0 Å². The first kappa shape index (κ1) is 14.2. The zero-order chi connectivity index (χ0) is 14.4. The summed E-state index contributed by atoms with van der Waals surface area (Å²) < 4.78 is 24.1. The van der Waals surface area contributed by atoms with Gasteiger partial charge in [0.1, 0.15) is 17.3 Å². The summed E-state index contributed by atoms with van der Waals surface area (Å²) in [5, 5.41) is 0. The second-order valence-corrected chi connectivity index (χ2v) is 4.50. The molecule has 0 amide bonds. The minimum absolute atomic E-state index is 0.252. The van der Waals surface area contributed by atoms with Gasteiger partial charge in [-0.25, -0.2) is 4.39 Å². The molecular formula is C16H18FNO2. The molecular weight excluding hydrogens is 257 g/mol. The molecule has 0 unspecified atom stereocenters. The largest absolute Gasteiger partial charge is 0.493 e. The summed E-state index contributed by atoms with van der Waals surface area (Å²) in [5.41, 5.74) is 7.19. The Labute approximate surface area is 118 Å². The highest BCUT2D eigenvalue weighted by molar-refractivity contribution is 5.51. The summed E-state index contributed by atoms with van der Waals surface area (Å²) in [6, 6.07) is 11.9. The molecule has 0 heterocycles. The van der Waals surface area contributed by atoms with Crippen LogP contribution >= 0.6 is 0 Å². The van der Waals surface area contributed by atoms with Crippen LogP contribution in [0, 0.1) is 12.7 Å². The molecule has 20 heavy (non-hydrogen) atoms. The maximum atomic E-state index is 12.9. The van der Waals surface area contributed by atoms with Gasteiger partial charge in [0.05, 0.1) is 18.9 Å². The average molecular weight is 275 g/mol. The second kappa shape index (κ2) is 6.80. The molecule has 0 aliphatic heterocycles. The maximum absolute atomic E-state index is 12.9. The van der Waals surface area contributed by atoms with Gasteiger partial charge in [-0.2, -0.15) is 0 Å². The van der Waals surface area contributed by atoms with Crippen LogP contribution < -0.4 is 15.2 Å².